The molecule has 7 nitrogen and oxygen atoms in total. The van der Waals surface area contributed by atoms with Gasteiger partial charge in [0.05, 0.1) is 36.4 Å². The highest BCUT2D eigenvalue weighted by Crippen LogP contribution is 2.45. The molecule has 45 heavy (non-hydrogen) atoms. The second-order valence-corrected chi connectivity index (χ2v) is 15.0. The number of aryl methyl sites for hydroxylation is 1. The zero-order valence-electron chi connectivity index (χ0n) is 29.2. The van der Waals surface area contributed by atoms with E-state index < -0.39 is 17.1 Å². The van der Waals surface area contributed by atoms with E-state index >= 15 is 0 Å². The van der Waals surface area contributed by atoms with Crippen molar-refractivity contribution in [2.24, 2.45) is 22.5 Å². The minimum absolute atomic E-state index is 0.201. The van der Waals surface area contributed by atoms with Gasteiger partial charge in [0.15, 0.2) is 0 Å². The fraction of sp³-hybridized carbons (Fsp3) is 0.605. The smallest absolute Gasteiger partial charge is 0.312 e. The Morgan fingerprint density at radius 1 is 0.956 bits per heavy atom. The van der Waals surface area contributed by atoms with Crippen LogP contribution in [0, 0.1) is 16.7 Å². The quantitative estimate of drug-likeness (QED) is 0.116. The van der Waals surface area contributed by atoms with Gasteiger partial charge in [-0.15, -0.1) is 0 Å². The number of ether oxygens (including phenoxy) is 3. The normalized spacial score (nSPS) is 14.4. The Kier molecular flexibility index (Phi) is 12.6. The van der Waals surface area contributed by atoms with Gasteiger partial charge in [0.2, 0.25) is 0 Å². The van der Waals surface area contributed by atoms with E-state index in [-0.39, 0.29) is 18.0 Å². The monoisotopic (exact) mass is 622 g/mol. The van der Waals surface area contributed by atoms with Gasteiger partial charge >= 0.3 is 5.97 Å². The van der Waals surface area contributed by atoms with E-state index in [9.17, 15) is 9.90 Å². The Morgan fingerprint density at radius 2 is 1.67 bits per heavy atom. The fourth-order valence-electron chi connectivity index (χ4n) is 5.94. The molecule has 3 rings (SSSR count). The van der Waals surface area contributed by atoms with Crippen molar-refractivity contribution in [1.29, 1.82) is 0 Å². The van der Waals surface area contributed by atoms with Crippen LogP contribution in [0.1, 0.15) is 93.9 Å². The number of unbranched alkanes of at least 4 members (excludes halogenated alkanes) is 1. The van der Waals surface area contributed by atoms with Crippen LogP contribution in [-0.2, 0) is 16.1 Å². The number of para-hydroxylation sites is 1. The number of benzene rings is 2. The van der Waals surface area contributed by atoms with Gasteiger partial charge in [-0.1, -0.05) is 46.8 Å². The van der Waals surface area contributed by atoms with Crippen molar-refractivity contribution in [1.82, 2.24) is 4.57 Å². The Bertz CT molecular complexity index is 1380. The highest BCUT2D eigenvalue weighted by molar-refractivity contribution is 5.89. The Balaban J connectivity index is 1.59. The summed E-state index contributed by atoms with van der Waals surface area (Å²) >= 11 is 0. The molecule has 1 heterocycles. The van der Waals surface area contributed by atoms with Crippen LogP contribution >= 0.6 is 0 Å². The van der Waals surface area contributed by atoms with Gasteiger partial charge in [-0.2, -0.15) is 0 Å². The predicted octanol–water partition coefficient (Wildman–Crippen LogP) is 8.39. The maximum atomic E-state index is 13.1. The lowest BCUT2D eigenvalue weighted by Crippen LogP contribution is -2.49. The van der Waals surface area contributed by atoms with Crippen molar-refractivity contribution in [2.75, 3.05) is 20.3 Å². The van der Waals surface area contributed by atoms with E-state index in [1.54, 1.807) is 7.11 Å². The van der Waals surface area contributed by atoms with Crippen LogP contribution in [0.3, 0.4) is 0 Å². The van der Waals surface area contributed by atoms with E-state index in [1.165, 1.54) is 0 Å². The molecule has 3 N–H and O–H groups in total. The number of aromatic nitrogens is 1. The molecule has 1 aromatic heterocycles. The van der Waals surface area contributed by atoms with E-state index in [2.05, 4.69) is 63.5 Å². The van der Waals surface area contributed by atoms with E-state index in [0.29, 0.717) is 31.8 Å². The van der Waals surface area contributed by atoms with Gasteiger partial charge in [0.25, 0.3) is 0 Å². The number of esters is 1. The minimum Gasteiger partial charge on any atom is -0.496 e. The number of fused-ring (bicyclic) bond motifs is 1. The number of nitrogens with two attached hydrogens (primary N) is 1. The summed E-state index contributed by atoms with van der Waals surface area (Å²) in [7, 11) is 1.71. The number of hydrogen-bond donors (Lipinski definition) is 2. The summed E-state index contributed by atoms with van der Waals surface area (Å²) in [6.07, 6.45) is 4.11. The van der Waals surface area contributed by atoms with Crippen LogP contribution in [0.15, 0.2) is 48.5 Å². The first-order valence-electron chi connectivity index (χ1n) is 16.6. The highest BCUT2D eigenvalue weighted by atomic mass is 16.5. The second-order valence-electron chi connectivity index (χ2n) is 15.0. The van der Waals surface area contributed by atoms with Gasteiger partial charge in [0.1, 0.15) is 18.1 Å². The molecule has 0 bridgehead atoms. The van der Waals surface area contributed by atoms with Crippen molar-refractivity contribution in [3.05, 3.63) is 48.5 Å². The summed E-state index contributed by atoms with van der Waals surface area (Å²) in [4.78, 5) is 13.1. The van der Waals surface area contributed by atoms with Crippen molar-refractivity contribution in [3.63, 3.8) is 0 Å². The molecule has 2 atom stereocenters. The SMILES string of the molecule is COc1ccccc1-c1cc2ccc(OCC(O)CCCCOC(=O)C(C)(CC(C)(C)N)C(C)(C)C)cc2n1CCCC(C)C. The average Bonchev–Trinajstić information content (AvgIpc) is 3.31. The number of aliphatic hydroxyl groups is 1. The number of carbonyl (C=O) groups is 1. The summed E-state index contributed by atoms with van der Waals surface area (Å²) in [5.74, 6) is 2.01. The van der Waals surface area contributed by atoms with Gasteiger partial charge in [-0.3, -0.25) is 4.79 Å². The standard InChI is InChI=1S/C38H58N2O5/c1-27(2)15-14-21-40-32-24-30(20-19-28(32)23-33(40)31-17-10-11-18-34(31)43-9)45-25-29(41)16-12-13-22-44-35(42)38(8,36(3,4)5)26-37(6,7)39/h10-11,17-20,23-24,27,29,41H,12-16,21-22,25-26,39H2,1-9H3. The fourth-order valence-corrected chi connectivity index (χ4v) is 5.94. The maximum Gasteiger partial charge on any atom is 0.312 e. The summed E-state index contributed by atoms with van der Waals surface area (Å²) in [6, 6.07) is 16.5. The summed E-state index contributed by atoms with van der Waals surface area (Å²) < 4.78 is 19.8. The van der Waals surface area contributed by atoms with Gasteiger partial charge in [-0.05, 0) is 101 Å². The van der Waals surface area contributed by atoms with Crippen molar-refractivity contribution < 1.29 is 24.1 Å². The summed E-state index contributed by atoms with van der Waals surface area (Å²) in [6.45, 7) is 17.9. The molecule has 2 aromatic carbocycles. The number of nitrogens with zero attached hydrogens (tertiary/aromatic N) is 1. The predicted molar refractivity (Wildman–Crippen MR) is 185 cm³/mol. The van der Waals surface area contributed by atoms with Crippen molar-refractivity contribution >= 4 is 16.9 Å². The first kappa shape index (κ1) is 36.4. The number of aliphatic hydroxyl groups excluding tert-OH is 1. The van der Waals surface area contributed by atoms with Gasteiger partial charge in [0, 0.05) is 29.1 Å². The Hall–Kier alpha value is -3.03. The molecular weight excluding hydrogens is 564 g/mol. The van der Waals surface area contributed by atoms with Crippen LogP contribution in [0.5, 0.6) is 11.5 Å². The van der Waals surface area contributed by atoms with Gasteiger partial charge < -0.3 is 29.6 Å². The van der Waals surface area contributed by atoms with Crippen LogP contribution < -0.4 is 15.2 Å². The van der Waals surface area contributed by atoms with E-state index in [1.807, 2.05) is 45.0 Å². The maximum absolute atomic E-state index is 13.1. The molecule has 250 valence electrons. The molecule has 7 heteroatoms. The number of methoxy groups -OCH3 is 1. The molecule has 3 aromatic rings. The minimum atomic E-state index is -0.693. The second kappa shape index (κ2) is 15.5. The third kappa shape index (κ3) is 9.98. The van der Waals surface area contributed by atoms with Crippen molar-refractivity contribution in [3.8, 4) is 22.8 Å². The number of rotatable bonds is 17. The Labute approximate surface area is 271 Å². The zero-order valence-corrected chi connectivity index (χ0v) is 29.2. The topological polar surface area (TPSA) is 95.9 Å². The van der Waals surface area contributed by atoms with Crippen molar-refractivity contribution in [2.45, 2.75) is 112 Å². The van der Waals surface area contributed by atoms with Crippen LogP contribution in [0.4, 0.5) is 0 Å². The lowest BCUT2D eigenvalue weighted by Gasteiger charge is -2.43. The molecule has 0 aliphatic carbocycles. The molecule has 0 fully saturated rings. The summed E-state index contributed by atoms with van der Waals surface area (Å²) in [5.41, 5.74) is 8.11. The van der Waals surface area contributed by atoms with Crippen LogP contribution in [0.25, 0.3) is 22.2 Å². The van der Waals surface area contributed by atoms with E-state index in [0.717, 1.165) is 59.5 Å². The molecule has 0 spiro atoms. The largest absolute Gasteiger partial charge is 0.496 e. The van der Waals surface area contributed by atoms with Crippen LogP contribution in [-0.4, -0.2) is 47.6 Å². The molecule has 0 aliphatic rings. The number of hydrogen-bond acceptors (Lipinski definition) is 6. The molecule has 0 aliphatic heterocycles. The van der Waals surface area contributed by atoms with Crippen LogP contribution in [0.2, 0.25) is 0 Å². The molecular formula is C38H58N2O5. The molecule has 0 radical (unpaired) electrons. The highest BCUT2D eigenvalue weighted by Gasteiger charge is 2.47. The molecule has 0 saturated heterocycles. The summed E-state index contributed by atoms with van der Waals surface area (Å²) in [5, 5.41) is 11.8. The lowest BCUT2D eigenvalue weighted by atomic mass is 9.63. The molecule has 0 saturated carbocycles. The zero-order chi connectivity index (χ0) is 33.4. The first-order chi connectivity index (χ1) is 21.1. The molecule has 2 unspecified atom stereocenters. The van der Waals surface area contributed by atoms with Gasteiger partial charge in [-0.25, -0.2) is 0 Å². The van der Waals surface area contributed by atoms with E-state index in [4.69, 9.17) is 19.9 Å². The lowest BCUT2D eigenvalue weighted by molar-refractivity contribution is -0.164. The average molecular weight is 623 g/mol. The molecule has 0 amide bonds. The number of carbonyl (C=O) groups excluding carboxylic acids is 1. The third-order valence-corrected chi connectivity index (χ3v) is 8.94. The first-order valence-corrected chi connectivity index (χ1v) is 16.6. The third-order valence-electron chi connectivity index (χ3n) is 8.94. The Morgan fingerprint density at radius 3 is 2.31 bits per heavy atom.